The Bertz CT molecular complexity index is 1110. The standard InChI is InChI=1S/C17H14N2O5S/c1-11-6-8-13(9-7-11)25(23,24)18-10-14(12(2)20)17-15(18)4-3-5-16(17)19(21)22/h3-10H,1-2H3. The van der Waals surface area contributed by atoms with E-state index in [2.05, 4.69) is 0 Å². The first-order valence-electron chi connectivity index (χ1n) is 7.35. The van der Waals surface area contributed by atoms with Crippen molar-refractivity contribution in [3.8, 4) is 0 Å². The van der Waals surface area contributed by atoms with Crippen LogP contribution >= 0.6 is 0 Å². The molecule has 3 aromatic rings. The van der Waals surface area contributed by atoms with E-state index >= 15 is 0 Å². The number of carbonyl (C=O) groups is 1. The van der Waals surface area contributed by atoms with E-state index in [1.165, 1.54) is 37.3 Å². The highest BCUT2D eigenvalue weighted by Gasteiger charge is 2.27. The second-order valence-corrected chi connectivity index (χ2v) is 7.46. The van der Waals surface area contributed by atoms with Crippen LogP contribution in [0.1, 0.15) is 22.8 Å². The summed E-state index contributed by atoms with van der Waals surface area (Å²) in [5.41, 5.74) is 0.690. The van der Waals surface area contributed by atoms with E-state index in [1.807, 2.05) is 6.92 Å². The molecule has 2 aromatic carbocycles. The summed E-state index contributed by atoms with van der Waals surface area (Å²) in [6, 6.07) is 10.3. The molecule has 7 nitrogen and oxygen atoms in total. The van der Waals surface area contributed by atoms with Crippen LogP contribution in [0.4, 0.5) is 5.69 Å². The van der Waals surface area contributed by atoms with Gasteiger partial charge < -0.3 is 0 Å². The zero-order valence-corrected chi connectivity index (χ0v) is 14.3. The molecule has 25 heavy (non-hydrogen) atoms. The molecule has 1 aromatic heterocycles. The summed E-state index contributed by atoms with van der Waals surface area (Å²) in [5, 5.41) is 11.3. The average Bonchev–Trinajstić information content (AvgIpc) is 2.95. The molecule has 0 N–H and O–H groups in total. The Kier molecular flexibility index (Phi) is 3.92. The van der Waals surface area contributed by atoms with Gasteiger partial charge in [0, 0.05) is 12.3 Å². The average molecular weight is 358 g/mol. The van der Waals surface area contributed by atoms with Crippen LogP contribution in [0.5, 0.6) is 0 Å². The Morgan fingerprint density at radius 3 is 2.32 bits per heavy atom. The summed E-state index contributed by atoms with van der Waals surface area (Å²) < 4.78 is 26.8. The van der Waals surface area contributed by atoms with E-state index in [0.717, 1.165) is 15.7 Å². The number of aromatic nitrogens is 1. The van der Waals surface area contributed by atoms with Crippen LogP contribution in [0.2, 0.25) is 0 Å². The third-order valence-corrected chi connectivity index (χ3v) is 5.62. The van der Waals surface area contributed by atoms with Gasteiger partial charge in [-0.15, -0.1) is 0 Å². The predicted molar refractivity (Wildman–Crippen MR) is 92.4 cm³/mol. The van der Waals surface area contributed by atoms with Crippen molar-refractivity contribution in [3.63, 3.8) is 0 Å². The highest BCUT2D eigenvalue weighted by atomic mass is 32.2. The fourth-order valence-corrected chi connectivity index (χ4v) is 4.04. The van der Waals surface area contributed by atoms with Crippen LogP contribution < -0.4 is 0 Å². The van der Waals surface area contributed by atoms with Gasteiger partial charge in [0.2, 0.25) is 0 Å². The van der Waals surface area contributed by atoms with Crippen LogP contribution in [-0.2, 0) is 10.0 Å². The van der Waals surface area contributed by atoms with Crippen molar-refractivity contribution in [3.05, 3.63) is 69.9 Å². The number of Topliss-reactive ketones (excluding diaryl/α,β-unsaturated/α-hetero) is 1. The number of non-ortho nitro benzene ring substituents is 1. The Morgan fingerprint density at radius 1 is 1.12 bits per heavy atom. The monoisotopic (exact) mass is 358 g/mol. The predicted octanol–water partition coefficient (Wildman–Crippen LogP) is 3.30. The molecule has 0 radical (unpaired) electrons. The van der Waals surface area contributed by atoms with Gasteiger partial charge in [0.25, 0.3) is 15.7 Å². The summed E-state index contributed by atoms with van der Waals surface area (Å²) in [6.07, 6.45) is 1.15. The first-order valence-corrected chi connectivity index (χ1v) is 8.79. The van der Waals surface area contributed by atoms with E-state index in [1.54, 1.807) is 12.1 Å². The van der Waals surface area contributed by atoms with Gasteiger partial charge in [0.05, 0.1) is 26.3 Å². The molecule has 0 fully saturated rings. The van der Waals surface area contributed by atoms with Crippen LogP contribution in [0, 0.1) is 17.0 Å². The molecular weight excluding hydrogens is 344 g/mol. The van der Waals surface area contributed by atoms with Gasteiger partial charge in [-0.05, 0) is 32.0 Å². The number of carbonyl (C=O) groups excluding carboxylic acids is 1. The second-order valence-electron chi connectivity index (χ2n) is 5.64. The molecule has 8 heteroatoms. The Hall–Kier alpha value is -3.00. The molecule has 0 amide bonds. The molecule has 1 heterocycles. The Labute approximate surface area is 143 Å². The highest BCUT2D eigenvalue weighted by Crippen LogP contribution is 2.33. The Balaban J connectivity index is 2.38. The summed E-state index contributed by atoms with van der Waals surface area (Å²) in [5.74, 6) is -0.447. The van der Waals surface area contributed by atoms with Gasteiger partial charge in [-0.2, -0.15) is 0 Å². The third-order valence-electron chi connectivity index (χ3n) is 3.93. The lowest BCUT2D eigenvalue weighted by Crippen LogP contribution is -2.12. The Morgan fingerprint density at radius 2 is 1.76 bits per heavy atom. The van der Waals surface area contributed by atoms with Crippen molar-refractivity contribution in [2.75, 3.05) is 0 Å². The maximum Gasteiger partial charge on any atom is 0.279 e. The number of aryl methyl sites for hydroxylation is 1. The van der Waals surface area contributed by atoms with E-state index in [-0.39, 0.29) is 27.0 Å². The van der Waals surface area contributed by atoms with E-state index in [9.17, 15) is 23.3 Å². The van der Waals surface area contributed by atoms with Gasteiger partial charge in [-0.1, -0.05) is 23.8 Å². The molecule has 0 aliphatic heterocycles. The molecule has 0 unspecified atom stereocenters. The van der Waals surface area contributed by atoms with Crippen LogP contribution in [0.3, 0.4) is 0 Å². The van der Waals surface area contributed by atoms with Gasteiger partial charge in [0.1, 0.15) is 0 Å². The topological polar surface area (TPSA) is 99.3 Å². The van der Waals surface area contributed by atoms with Gasteiger partial charge in [-0.25, -0.2) is 12.4 Å². The lowest BCUT2D eigenvalue weighted by atomic mass is 10.1. The van der Waals surface area contributed by atoms with Gasteiger partial charge in [-0.3, -0.25) is 14.9 Å². The van der Waals surface area contributed by atoms with Crippen molar-refractivity contribution in [1.82, 2.24) is 3.97 Å². The highest BCUT2D eigenvalue weighted by molar-refractivity contribution is 7.90. The van der Waals surface area contributed by atoms with Crippen molar-refractivity contribution >= 4 is 32.4 Å². The zero-order chi connectivity index (χ0) is 18.4. The molecule has 128 valence electrons. The lowest BCUT2D eigenvalue weighted by Gasteiger charge is -2.07. The van der Waals surface area contributed by atoms with Crippen LogP contribution in [0.25, 0.3) is 10.9 Å². The summed E-state index contributed by atoms with van der Waals surface area (Å²) in [4.78, 5) is 22.6. The molecule has 0 aliphatic carbocycles. The van der Waals surface area contributed by atoms with Crippen molar-refractivity contribution in [2.45, 2.75) is 18.7 Å². The minimum Gasteiger partial charge on any atom is -0.294 e. The normalized spacial score (nSPS) is 11.6. The fraction of sp³-hybridized carbons (Fsp3) is 0.118. The number of nitro benzene ring substituents is 1. The van der Waals surface area contributed by atoms with Crippen molar-refractivity contribution < 1.29 is 18.1 Å². The maximum absolute atomic E-state index is 13.0. The third kappa shape index (κ3) is 2.70. The fourth-order valence-electron chi connectivity index (χ4n) is 2.68. The molecule has 0 saturated heterocycles. The second kappa shape index (κ2) is 5.82. The van der Waals surface area contributed by atoms with E-state index in [4.69, 9.17) is 0 Å². The quantitative estimate of drug-likeness (QED) is 0.405. The van der Waals surface area contributed by atoms with Crippen molar-refractivity contribution in [2.24, 2.45) is 0 Å². The number of nitrogens with zero attached hydrogens (tertiary/aromatic N) is 2. The minimum atomic E-state index is -4.00. The SMILES string of the molecule is CC(=O)c1cn(S(=O)(=O)c2ccc(C)cc2)c2cccc([N+](=O)[O-])c12. The molecule has 3 rings (SSSR count). The first-order chi connectivity index (χ1) is 11.7. The zero-order valence-electron chi connectivity index (χ0n) is 13.5. The van der Waals surface area contributed by atoms with E-state index < -0.39 is 20.7 Å². The maximum atomic E-state index is 13.0. The number of fused-ring (bicyclic) bond motifs is 1. The summed E-state index contributed by atoms with van der Waals surface area (Å²) in [6.45, 7) is 3.08. The van der Waals surface area contributed by atoms with Crippen LogP contribution in [-0.4, -0.2) is 23.1 Å². The molecule has 0 aliphatic rings. The van der Waals surface area contributed by atoms with E-state index in [0.29, 0.717) is 0 Å². The van der Waals surface area contributed by atoms with Gasteiger partial charge >= 0.3 is 0 Å². The number of hydrogen-bond acceptors (Lipinski definition) is 5. The summed E-state index contributed by atoms with van der Waals surface area (Å²) in [7, 11) is -4.00. The molecule has 0 saturated carbocycles. The lowest BCUT2D eigenvalue weighted by molar-refractivity contribution is -0.383. The van der Waals surface area contributed by atoms with Gasteiger partial charge in [0.15, 0.2) is 5.78 Å². The van der Waals surface area contributed by atoms with Crippen LogP contribution in [0.15, 0.2) is 53.6 Å². The number of benzene rings is 2. The smallest absolute Gasteiger partial charge is 0.279 e. The number of hydrogen-bond donors (Lipinski definition) is 0. The summed E-state index contributed by atoms with van der Waals surface area (Å²) >= 11 is 0. The molecular formula is C17H14N2O5S. The molecule has 0 atom stereocenters. The largest absolute Gasteiger partial charge is 0.294 e. The number of rotatable bonds is 4. The first kappa shape index (κ1) is 16.8. The minimum absolute atomic E-state index is 0.00186. The number of nitro groups is 1. The number of ketones is 1. The van der Waals surface area contributed by atoms with Crippen molar-refractivity contribution in [1.29, 1.82) is 0 Å². The molecule has 0 spiro atoms. The molecule has 0 bridgehead atoms.